The van der Waals surface area contributed by atoms with Gasteiger partial charge >= 0.3 is 11.8 Å². The van der Waals surface area contributed by atoms with Crippen LogP contribution in [-0.2, 0) is 16.2 Å². The van der Waals surface area contributed by atoms with Gasteiger partial charge in [0, 0.05) is 15.7 Å². The number of benzene rings is 3. The van der Waals surface area contributed by atoms with Crippen LogP contribution in [0.2, 0.25) is 10.0 Å². The van der Waals surface area contributed by atoms with Crippen molar-refractivity contribution in [3.8, 4) is 11.5 Å². The summed E-state index contributed by atoms with van der Waals surface area (Å²) in [7, 11) is 0. The maximum atomic E-state index is 12.1. The third kappa shape index (κ3) is 7.23. The lowest BCUT2D eigenvalue weighted by molar-refractivity contribution is -0.136. The first-order valence-corrected chi connectivity index (χ1v) is 11.2. The highest BCUT2D eigenvalue weighted by molar-refractivity contribution is 6.39. The molecule has 0 aromatic heterocycles. The number of carbonyl (C=O) groups is 2. The van der Waals surface area contributed by atoms with E-state index < -0.39 is 11.8 Å². The zero-order valence-corrected chi connectivity index (χ0v) is 20.1. The Morgan fingerprint density at radius 3 is 2.41 bits per heavy atom. The molecule has 176 valence electrons. The van der Waals surface area contributed by atoms with Gasteiger partial charge in [-0.25, -0.2) is 5.43 Å². The van der Waals surface area contributed by atoms with Gasteiger partial charge in [0.25, 0.3) is 0 Å². The molecule has 2 amide bonds. The molecule has 0 radical (unpaired) electrons. The maximum Gasteiger partial charge on any atom is 0.329 e. The summed E-state index contributed by atoms with van der Waals surface area (Å²) < 4.78 is 11.5. The lowest BCUT2D eigenvalue weighted by atomic mass is 10.2. The van der Waals surface area contributed by atoms with Crippen LogP contribution < -0.4 is 20.2 Å². The molecule has 0 heterocycles. The van der Waals surface area contributed by atoms with E-state index in [2.05, 4.69) is 15.8 Å². The average molecular weight is 500 g/mol. The first kappa shape index (κ1) is 25.1. The normalized spacial score (nSPS) is 10.7. The van der Waals surface area contributed by atoms with Crippen molar-refractivity contribution >= 4 is 46.9 Å². The number of halogens is 2. The van der Waals surface area contributed by atoms with E-state index in [0.29, 0.717) is 46.0 Å². The highest BCUT2D eigenvalue weighted by atomic mass is 35.5. The summed E-state index contributed by atoms with van der Waals surface area (Å²) in [6, 6.07) is 17.6. The van der Waals surface area contributed by atoms with E-state index in [1.54, 1.807) is 48.5 Å². The molecule has 2 N–H and O–H groups in total. The van der Waals surface area contributed by atoms with E-state index in [0.717, 1.165) is 11.1 Å². The van der Waals surface area contributed by atoms with Gasteiger partial charge in [0.05, 0.1) is 12.8 Å². The summed E-state index contributed by atoms with van der Waals surface area (Å²) in [6.45, 7) is 4.49. The summed E-state index contributed by atoms with van der Waals surface area (Å²) in [5.41, 5.74) is 5.08. The quantitative estimate of drug-likeness (QED) is 0.247. The highest BCUT2D eigenvalue weighted by Gasteiger charge is 2.13. The number of anilines is 1. The van der Waals surface area contributed by atoms with E-state index in [1.807, 2.05) is 26.0 Å². The van der Waals surface area contributed by atoms with Crippen molar-refractivity contribution in [3.05, 3.63) is 87.4 Å². The zero-order chi connectivity index (χ0) is 24.5. The van der Waals surface area contributed by atoms with Gasteiger partial charge in [-0.1, -0.05) is 41.4 Å². The van der Waals surface area contributed by atoms with Crippen molar-refractivity contribution in [2.45, 2.75) is 20.5 Å². The SMILES string of the molecule is CCOc1cc(/C=N/NC(=O)C(=O)Nc2ccc(C)c(Cl)c2)ccc1OCc1ccc(Cl)cc1. The summed E-state index contributed by atoms with van der Waals surface area (Å²) in [5.74, 6) is -0.686. The molecule has 34 heavy (non-hydrogen) atoms. The largest absolute Gasteiger partial charge is 0.490 e. The first-order valence-electron chi connectivity index (χ1n) is 10.4. The Morgan fingerprint density at radius 1 is 0.941 bits per heavy atom. The van der Waals surface area contributed by atoms with Gasteiger partial charge in [-0.3, -0.25) is 9.59 Å². The lowest BCUT2D eigenvalue weighted by Crippen LogP contribution is -2.32. The van der Waals surface area contributed by atoms with E-state index in [-0.39, 0.29) is 0 Å². The van der Waals surface area contributed by atoms with Crippen LogP contribution in [0.1, 0.15) is 23.6 Å². The molecule has 3 aromatic carbocycles. The van der Waals surface area contributed by atoms with Gasteiger partial charge in [-0.15, -0.1) is 0 Å². The Morgan fingerprint density at radius 2 is 1.71 bits per heavy atom. The molecule has 0 aliphatic heterocycles. The second kappa shape index (κ2) is 12.1. The summed E-state index contributed by atoms with van der Waals surface area (Å²) in [4.78, 5) is 24.1. The lowest BCUT2D eigenvalue weighted by Gasteiger charge is -2.12. The summed E-state index contributed by atoms with van der Waals surface area (Å²) in [5, 5.41) is 7.46. The minimum atomic E-state index is -0.916. The number of aryl methyl sites for hydroxylation is 1. The molecule has 7 nitrogen and oxygen atoms in total. The number of nitrogens with one attached hydrogen (secondary N) is 2. The molecule has 0 aliphatic carbocycles. The van der Waals surface area contributed by atoms with Gasteiger partial charge in [0.1, 0.15) is 6.61 Å². The second-order valence-electron chi connectivity index (χ2n) is 7.17. The molecule has 0 atom stereocenters. The van der Waals surface area contributed by atoms with Crippen molar-refractivity contribution in [1.29, 1.82) is 0 Å². The number of amides is 2. The van der Waals surface area contributed by atoms with Crippen molar-refractivity contribution < 1.29 is 19.1 Å². The van der Waals surface area contributed by atoms with Crippen molar-refractivity contribution in [2.24, 2.45) is 5.10 Å². The van der Waals surface area contributed by atoms with E-state index in [9.17, 15) is 9.59 Å². The smallest absolute Gasteiger partial charge is 0.329 e. The Bertz CT molecular complexity index is 1200. The minimum Gasteiger partial charge on any atom is -0.490 e. The average Bonchev–Trinajstić information content (AvgIpc) is 2.82. The number of ether oxygens (including phenoxy) is 2. The molecule has 0 saturated heterocycles. The van der Waals surface area contributed by atoms with Crippen molar-refractivity contribution in [3.63, 3.8) is 0 Å². The second-order valence-corrected chi connectivity index (χ2v) is 8.02. The molecule has 0 bridgehead atoms. The monoisotopic (exact) mass is 499 g/mol. The first-order chi connectivity index (χ1) is 16.4. The van der Waals surface area contributed by atoms with Gasteiger partial charge in [0.2, 0.25) is 0 Å². The molecule has 0 unspecified atom stereocenters. The number of hydrogen-bond donors (Lipinski definition) is 2. The van der Waals surface area contributed by atoms with Crippen LogP contribution in [-0.4, -0.2) is 24.6 Å². The Kier molecular flexibility index (Phi) is 8.90. The Balaban J connectivity index is 1.59. The van der Waals surface area contributed by atoms with Crippen molar-refractivity contribution in [2.75, 3.05) is 11.9 Å². The molecule has 0 fully saturated rings. The van der Waals surface area contributed by atoms with Crippen LogP contribution in [0.4, 0.5) is 5.69 Å². The molecule has 0 spiro atoms. The molecule has 0 aliphatic rings. The summed E-state index contributed by atoms with van der Waals surface area (Å²) >= 11 is 11.9. The number of hydrogen-bond acceptors (Lipinski definition) is 5. The number of rotatable bonds is 8. The zero-order valence-electron chi connectivity index (χ0n) is 18.6. The van der Waals surface area contributed by atoms with E-state index in [1.165, 1.54) is 6.21 Å². The van der Waals surface area contributed by atoms with Gasteiger partial charge in [-0.2, -0.15) is 5.10 Å². The van der Waals surface area contributed by atoms with Crippen molar-refractivity contribution in [1.82, 2.24) is 5.43 Å². The molecule has 0 saturated carbocycles. The number of nitrogens with zero attached hydrogens (tertiary/aromatic N) is 1. The van der Waals surface area contributed by atoms with Gasteiger partial charge in [0.15, 0.2) is 11.5 Å². The molecular weight excluding hydrogens is 477 g/mol. The van der Waals surface area contributed by atoms with E-state index in [4.69, 9.17) is 32.7 Å². The predicted molar refractivity (Wildman–Crippen MR) is 134 cm³/mol. The third-order valence-electron chi connectivity index (χ3n) is 4.59. The molecule has 3 rings (SSSR count). The molecule has 3 aromatic rings. The fourth-order valence-corrected chi connectivity index (χ4v) is 3.12. The highest BCUT2D eigenvalue weighted by Crippen LogP contribution is 2.29. The molecular formula is C25H23Cl2N3O4. The molecule has 9 heteroatoms. The van der Waals surface area contributed by atoms with Crippen LogP contribution in [0.3, 0.4) is 0 Å². The standard InChI is InChI=1S/C25H23Cl2N3O4/c1-3-33-23-12-18(7-11-22(23)34-15-17-5-8-19(26)9-6-17)14-28-30-25(32)24(31)29-20-10-4-16(2)21(27)13-20/h4-14H,3,15H2,1-2H3,(H,29,31)(H,30,32)/b28-14+. The van der Waals surface area contributed by atoms with Crippen LogP contribution in [0, 0.1) is 6.92 Å². The fraction of sp³-hybridized carbons (Fsp3) is 0.160. The van der Waals surface area contributed by atoms with Gasteiger partial charge < -0.3 is 14.8 Å². The number of hydrazone groups is 1. The topological polar surface area (TPSA) is 89.0 Å². The summed E-state index contributed by atoms with van der Waals surface area (Å²) in [6.07, 6.45) is 1.40. The Labute approximate surface area is 207 Å². The maximum absolute atomic E-state index is 12.1. The van der Waals surface area contributed by atoms with Crippen LogP contribution in [0.5, 0.6) is 11.5 Å². The van der Waals surface area contributed by atoms with Crippen LogP contribution >= 0.6 is 23.2 Å². The number of carbonyl (C=O) groups excluding carboxylic acids is 2. The van der Waals surface area contributed by atoms with Crippen LogP contribution in [0.15, 0.2) is 65.8 Å². The minimum absolute atomic E-state index is 0.349. The van der Waals surface area contributed by atoms with E-state index >= 15 is 0 Å². The fourth-order valence-electron chi connectivity index (χ4n) is 2.81. The van der Waals surface area contributed by atoms with Gasteiger partial charge in [-0.05, 0) is 73.0 Å². The Hall–Kier alpha value is -3.55. The van der Waals surface area contributed by atoms with Crippen LogP contribution in [0.25, 0.3) is 0 Å². The predicted octanol–water partition coefficient (Wildman–Crippen LogP) is 5.37. The third-order valence-corrected chi connectivity index (χ3v) is 5.25.